The fourth-order valence-electron chi connectivity index (χ4n) is 8.85. The van der Waals surface area contributed by atoms with Crippen LogP contribution in [0.15, 0.2) is 54.6 Å². The Hall–Kier alpha value is -4.73. The van der Waals surface area contributed by atoms with Gasteiger partial charge in [0, 0.05) is 52.8 Å². The first-order valence-electron chi connectivity index (χ1n) is 22.4. The number of benzene rings is 2. The topological polar surface area (TPSA) is 219 Å². The van der Waals surface area contributed by atoms with Crippen LogP contribution < -0.4 is 16.0 Å². The van der Waals surface area contributed by atoms with E-state index in [-0.39, 0.29) is 54.5 Å². The lowest BCUT2D eigenvalue weighted by Crippen LogP contribution is -2.57. The standard InChI is InChI=1S/C47H70IN7O11/c1-12-29(4)40(53(8)46(60)42(48)51-45(59)39(28(2)3)52(6)7)37(64-9)27-38(56)54-24-16-19-36(54)41(65-10)30(5)43(57)49-34(25-31-17-14-13-15-18-31)44(58)50-35(47(61)66-11)26-32-20-22-33(23-21-32)55(62)63/h13-15,17-18,20-23,28-30,34-37,39-42H,12,16,19,24-27H2,1-11H3,(H,49,57)(H,50,58)(H,51,59)/t29-,30+,34-,35-,36-,37+,39-,40?,41+,42?/m0/s1. The molecule has 1 aliphatic heterocycles. The van der Waals surface area contributed by atoms with Crippen LogP contribution >= 0.6 is 22.6 Å². The molecule has 2 unspecified atom stereocenters. The summed E-state index contributed by atoms with van der Waals surface area (Å²) in [7, 11) is 9.47. The van der Waals surface area contributed by atoms with Crippen LogP contribution in [0.1, 0.15) is 71.4 Å². The molecular formula is C47H70IN7O11. The zero-order valence-electron chi connectivity index (χ0n) is 40.2. The van der Waals surface area contributed by atoms with Crippen molar-refractivity contribution >= 4 is 63.8 Å². The van der Waals surface area contributed by atoms with Crippen molar-refractivity contribution in [2.24, 2.45) is 17.8 Å². The third-order valence-corrected chi connectivity index (χ3v) is 13.3. The number of likely N-dealkylation sites (tertiary alicyclic amines) is 1. The van der Waals surface area contributed by atoms with Crippen LogP contribution in [0.4, 0.5) is 5.69 Å². The van der Waals surface area contributed by atoms with E-state index in [1.54, 1.807) is 35.9 Å². The minimum absolute atomic E-state index is 0.0115. The first-order chi connectivity index (χ1) is 31.2. The number of methoxy groups -OCH3 is 3. The summed E-state index contributed by atoms with van der Waals surface area (Å²) >= 11 is 1.93. The monoisotopic (exact) mass is 1040 g/mol. The molecule has 1 heterocycles. The lowest BCUT2D eigenvalue weighted by atomic mass is 9.90. The van der Waals surface area contributed by atoms with Crippen LogP contribution in [0.3, 0.4) is 0 Å². The third kappa shape index (κ3) is 15.1. The Morgan fingerprint density at radius 1 is 0.833 bits per heavy atom. The van der Waals surface area contributed by atoms with Crippen molar-refractivity contribution in [2.75, 3.05) is 49.0 Å². The number of amides is 5. The van der Waals surface area contributed by atoms with E-state index in [1.165, 1.54) is 45.6 Å². The molecule has 5 amide bonds. The average Bonchev–Trinajstić information content (AvgIpc) is 3.77. The number of non-ortho nitro benzene ring substituents is 1. The lowest BCUT2D eigenvalue weighted by Gasteiger charge is -2.40. The van der Waals surface area contributed by atoms with E-state index in [0.29, 0.717) is 31.4 Å². The maximum Gasteiger partial charge on any atom is 0.328 e. The highest BCUT2D eigenvalue weighted by molar-refractivity contribution is 14.1. The largest absolute Gasteiger partial charge is 0.467 e. The normalized spacial score (nSPS) is 17.9. The van der Waals surface area contributed by atoms with Crippen molar-refractivity contribution in [3.05, 3.63) is 75.8 Å². The van der Waals surface area contributed by atoms with Gasteiger partial charge >= 0.3 is 5.97 Å². The van der Waals surface area contributed by atoms with E-state index >= 15 is 0 Å². The summed E-state index contributed by atoms with van der Waals surface area (Å²) in [5.74, 6) is -3.66. The highest BCUT2D eigenvalue weighted by Crippen LogP contribution is 2.30. The van der Waals surface area contributed by atoms with Gasteiger partial charge in [-0.3, -0.25) is 39.0 Å². The number of carbonyl (C=O) groups excluding carboxylic acids is 6. The number of esters is 1. The van der Waals surface area contributed by atoms with Gasteiger partial charge < -0.3 is 40.0 Å². The molecule has 19 heteroatoms. The highest BCUT2D eigenvalue weighted by atomic mass is 127. The van der Waals surface area contributed by atoms with Gasteiger partial charge in [-0.25, -0.2) is 4.79 Å². The second kappa shape index (κ2) is 26.6. The number of carbonyl (C=O) groups is 6. The molecule has 1 saturated heterocycles. The summed E-state index contributed by atoms with van der Waals surface area (Å²) in [5.41, 5.74) is 1.15. The number of alkyl halides is 1. The molecule has 3 N–H and O–H groups in total. The molecule has 0 bridgehead atoms. The van der Waals surface area contributed by atoms with Crippen LogP contribution in [0.2, 0.25) is 0 Å². The molecule has 0 aliphatic carbocycles. The summed E-state index contributed by atoms with van der Waals surface area (Å²) in [6.07, 6.45) is 0.376. The fourth-order valence-corrected chi connectivity index (χ4v) is 9.60. The molecule has 0 aromatic heterocycles. The Morgan fingerprint density at radius 2 is 1.42 bits per heavy atom. The summed E-state index contributed by atoms with van der Waals surface area (Å²) in [6.45, 7) is 9.96. The van der Waals surface area contributed by atoms with Crippen LogP contribution in [-0.4, -0.2) is 151 Å². The van der Waals surface area contributed by atoms with Gasteiger partial charge in [-0.05, 0) is 72.5 Å². The molecule has 2 aromatic carbocycles. The molecule has 1 aliphatic rings. The van der Waals surface area contributed by atoms with Crippen LogP contribution in [0.5, 0.6) is 0 Å². The number of ether oxygens (including phenoxy) is 3. The molecule has 0 saturated carbocycles. The SMILES string of the molecule is CC[C@H](C)C([C@@H](CC(=O)N1CCC[C@H]1[C@H](OC)[C@@H](C)C(=O)N[C@@H](Cc1ccccc1)C(=O)N[C@@H](Cc1ccc([N+](=O)[O-])cc1)C(=O)OC)OC)N(C)C(=O)C(I)NC(=O)[C@H](C(C)C)N(C)C. The van der Waals surface area contributed by atoms with Crippen molar-refractivity contribution in [1.29, 1.82) is 0 Å². The van der Waals surface area contributed by atoms with Gasteiger partial charge in [0.25, 0.3) is 11.6 Å². The Morgan fingerprint density at radius 3 is 1.95 bits per heavy atom. The maximum absolute atomic E-state index is 14.4. The van der Waals surface area contributed by atoms with Crippen molar-refractivity contribution in [1.82, 2.24) is 30.7 Å². The molecule has 3 rings (SSSR count). The quantitative estimate of drug-likeness (QED) is 0.0322. The molecule has 366 valence electrons. The average molecular weight is 1040 g/mol. The number of nitro groups is 1. The lowest BCUT2D eigenvalue weighted by molar-refractivity contribution is -0.384. The number of likely N-dealkylation sites (N-methyl/N-ethyl adjacent to an activating group) is 2. The predicted molar refractivity (Wildman–Crippen MR) is 257 cm³/mol. The second-order valence-electron chi connectivity index (χ2n) is 17.6. The van der Waals surface area contributed by atoms with E-state index in [1.807, 2.05) is 87.5 Å². The van der Waals surface area contributed by atoms with Gasteiger partial charge in [0.15, 0.2) is 4.05 Å². The minimum atomic E-state index is -1.18. The smallest absolute Gasteiger partial charge is 0.328 e. The molecule has 66 heavy (non-hydrogen) atoms. The van der Waals surface area contributed by atoms with Gasteiger partial charge in [-0.2, -0.15) is 0 Å². The van der Waals surface area contributed by atoms with Crippen molar-refractivity contribution in [3.63, 3.8) is 0 Å². The van der Waals surface area contributed by atoms with E-state index in [0.717, 1.165) is 5.56 Å². The number of nitro benzene ring substituents is 1. The zero-order valence-corrected chi connectivity index (χ0v) is 42.3. The number of nitrogens with zero attached hydrogens (tertiary/aromatic N) is 4. The van der Waals surface area contributed by atoms with Gasteiger partial charge in [0.05, 0.1) is 54.7 Å². The van der Waals surface area contributed by atoms with Crippen molar-refractivity contribution in [3.8, 4) is 0 Å². The summed E-state index contributed by atoms with van der Waals surface area (Å²) < 4.78 is 16.1. The summed E-state index contributed by atoms with van der Waals surface area (Å²) in [5, 5.41) is 19.7. The molecule has 2 aromatic rings. The number of hydrogen-bond acceptors (Lipinski definition) is 12. The molecule has 0 spiro atoms. The number of halogens is 1. The third-order valence-electron chi connectivity index (χ3n) is 12.5. The van der Waals surface area contributed by atoms with Crippen molar-refractivity contribution in [2.45, 2.75) is 120 Å². The first-order valence-corrected chi connectivity index (χ1v) is 23.6. The molecule has 1 fully saturated rings. The minimum Gasteiger partial charge on any atom is -0.467 e. The fraction of sp³-hybridized carbons (Fsp3) is 0.617. The second-order valence-corrected chi connectivity index (χ2v) is 18.8. The Bertz CT molecular complexity index is 1930. The number of nitrogens with one attached hydrogen (secondary N) is 3. The van der Waals surface area contributed by atoms with E-state index in [2.05, 4.69) is 16.0 Å². The van der Waals surface area contributed by atoms with Gasteiger partial charge in [-0.15, -0.1) is 0 Å². The highest BCUT2D eigenvalue weighted by Gasteiger charge is 2.43. The van der Waals surface area contributed by atoms with Gasteiger partial charge in [-0.1, -0.05) is 83.5 Å². The Balaban J connectivity index is 1.82. The van der Waals surface area contributed by atoms with Crippen molar-refractivity contribution < 1.29 is 47.9 Å². The molecule has 18 nitrogen and oxygen atoms in total. The summed E-state index contributed by atoms with van der Waals surface area (Å²) in [6, 6.07) is 10.8. The van der Waals surface area contributed by atoms with E-state index in [9.17, 15) is 38.9 Å². The number of hydrogen-bond donors (Lipinski definition) is 3. The van der Waals surface area contributed by atoms with Crippen LogP contribution in [-0.2, 0) is 55.8 Å². The van der Waals surface area contributed by atoms with Gasteiger partial charge in [0.1, 0.15) is 12.1 Å². The molecule has 0 radical (unpaired) electrons. The van der Waals surface area contributed by atoms with Crippen LogP contribution in [0, 0.1) is 27.9 Å². The Kier molecular flexibility index (Phi) is 22.4. The van der Waals surface area contributed by atoms with Crippen LogP contribution in [0.25, 0.3) is 0 Å². The predicted octanol–water partition coefficient (Wildman–Crippen LogP) is 3.91. The zero-order chi connectivity index (χ0) is 49.4. The van der Waals surface area contributed by atoms with E-state index in [4.69, 9.17) is 14.2 Å². The van der Waals surface area contributed by atoms with E-state index < -0.39 is 75.1 Å². The summed E-state index contributed by atoms with van der Waals surface area (Å²) in [4.78, 5) is 98.5. The first kappa shape index (κ1) is 55.6. The molecule has 10 atom stereocenters. The van der Waals surface area contributed by atoms with Gasteiger partial charge in [0.2, 0.25) is 23.6 Å². The molecular weight excluding hydrogens is 965 g/mol. The number of rotatable bonds is 25. The maximum atomic E-state index is 14.4. The Labute approximate surface area is 402 Å².